The Bertz CT molecular complexity index is 506. The van der Waals surface area contributed by atoms with Gasteiger partial charge in [0, 0.05) is 0 Å². The quantitative estimate of drug-likeness (QED) is 0.772. The summed E-state index contributed by atoms with van der Waals surface area (Å²) in [6.07, 6.45) is 0. The van der Waals surface area contributed by atoms with Gasteiger partial charge in [0.2, 0.25) is 0 Å². The number of nitrogen functional groups attached to an aromatic ring is 1. The van der Waals surface area contributed by atoms with Crippen molar-refractivity contribution in [1.29, 1.82) is 0 Å². The summed E-state index contributed by atoms with van der Waals surface area (Å²) in [5.74, 6) is 1.55. The predicted octanol–water partition coefficient (Wildman–Crippen LogP) is 3.68. The Balaban J connectivity index is 2.31. The van der Waals surface area contributed by atoms with Crippen molar-refractivity contribution >= 4 is 5.69 Å². The van der Waals surface area contributed by atoms with Crippen LogP contribution in [-0.2, 0) is 0 Å². The predicted molar refractivity (Wildman–Crippen MR) is 66.8 cm³/mol. The highest BCUT2D eigenvalue weighted by Crippen LogP contribution is 2.29. The summed E-state index contributed by atoms with van der Waals surface area (Å²) in [4.78, 5) is 0. The topological polar surface area (TPSA) is 35.2 Å². The van der Waals surface area contributed by atoms with Gasteiger partial charge in [0.1, 0.15) is 11.5 Å². The maximum atomic E-state index is 5.89. The molecule has 16 heavy (non-hydrogen) atoms. The van der Waals surface area contributed by atoms with Crippen molar-refractivity contribution in [3.63, 3.8) is 0 Å². The van der Waals surface area contributed by atoms with Crippen LogP contribution in [0.3, 0.4) is 0 Å². The highest BCUT2D eigenvalue weighted by molar-refractivity contribution is 5.55. The summed E-state index contributed by atoms with van der Waals surface area (Å²) < 4.78 is 5.77. The van der Waals surface area contributed by atoms with E-state index in [0.29, 0.717) is 11.4 Å². The molecule has 2 aromatic rings. The Kier molecular flexibility index (Phi) is 2.82. The van der Waals surface area contributed by atoms with E-state index in [-0.39, 0.29) is 0 Å². The maximum Gasteiger partial charge on any atom is 0.150 e. The summed E-state index contributed by atoms with van der Waals surface area (Å²) in [5, 5.41) is 0. The summed E-state index contributed by atoms with van der Waals surface area (Å²) in [6, 6.07) is 13.7. The third kappa shape index (κ3) is 2.16. The Morgan fingerprint density at radius 3 is 2.38 bits per heavy atom. The van der Waals surface area contributed by atoms with Crippen molar-refractivity contribution in [2.45, 2.75) is 13.8 Å². The van der Waals surface area contributed by atoms with E-state index in [1.807, 2.05) is 56.3 Å². The fraction of sp³-hybridized carbons (Fsp3) is 0.143. The monoisotopic (exact) mass is 213 g/mol. The molecule has 0 saturated heterocycles. The molecule has 0 heterocycles. The molecule has 0 aliphatic rings. The molecule has 0 aromatic heterocycles. The summed E-state index contributed by atoms with van der Waals surface area (Å²) in [6.45, 7) is 4.02. The number of ether oxygens (including phenoxy) is 1. The molecule has 0 spiro atoms. The van der Waals surface area contributed by atoms with E-state index in [4.69, 9.17) is 10.5 Å². The fourth-order valence-corrected chi connectivity index (χ4v) is 1.55. The van der Waals surface area contributed by atoms with Gasteiger partial charge in [-0.2, -0.15) is 0 Å². The smallest absolute Gasteiger partial charge is 0.150 e. The van der Waals surface area contributed by atoms with Crippen molar-refractivity contribution in [3.8, 4) is 11.5 Å². The lowest BCUT2D eigenvalue weighted by Crippen LogP contribution is -1.93. The molecule has 0 fully saturated rings. The first-order chi connectivity index (χ1) is 7.66. The molecule has 0 radical (unpaired) electrons. The zero-order valence-corrected chi connectivity index (χ0v) is 9.53. The number of nitrogens with two attached hydrogens (primary N) is 1. The lowest BCUT2D eigenvalue weighted by Gasteiger charge is -2.10. The third-order valence-electron chi connectivity index (χ3n) is 2.48. The van der Waals surface area contributed by atoms with Gasteiger partial charge in [-0.25, -0.2) is 0 Å². The number of para-hydroxylation sites is 1. The van der Waals surface area contributed by atoms with Gasteiger partial charge >= 0.3 is 0 Å². The number of anilines is 1. The summed E-state index contributed by atoms with van der Waals surface area (Å²) in [7, 11) is 0. The molecule has 0 aliphatic carbocycles. The van der Waals surface area contributed by atoms with E-state index in [1.54, 1.807) is 0 Å². The van der Waals surface area contributed by atoms with Gasteiger partial charge in [-0.1, -0.05) is 24.3 Å². The van der Waals surface area contributed by atoms with Gasteiger partial charge in [-0.3, -0.25) is 0 Å². The number of hydrogen-bond donors (Lipinski definition) is 1. The number of benzene rings is 2. The van der Waals surface area contributed by atoms with Crippen molar-refractivity contribution in [3.05, 3.63) is 53.6 Å². The van der Waals surface area contributed by atoms with Gasteiger partial charge in [-0.15, -0.1) is 0 Å². The minimum absolute atomic E-state index is 0.670. The van der Waals surface area contributed by atoms with Gasteiger partial charge in [0.25, 0.3) is 0 Å². The van der Waals surface area contributed by atoms with Crippen molar-refractivity contribution < 1.29 is 4.74 Å². The zero-order chi connectivity index (χ0) is 11.5. The lowest BCUT2D eigenvalue weighted by atomic mass is 10.2. The normalized spacial score (nSPS) is 10.1. The van der Waals surface area contributed by atoms with Gasteiger partial charge in [0.05, 0.1) is 5.69 Å². The number of aryl methyl sites for hydroxylation is 2. The molecule has 0 amide bonds. The third-order valence-corrected chi connectivity index (χ3v) is 2.48. The largest absolute Gasteiger partial charge is 0.455 e. The molecule has 0 bridgehead atoms. The van der Waals surface area contributed by atoms with Crippen LogP contribution < -0.4 is 10.5 Å². The Labute approximate surface area is 95.7 Å². The SMILES string of the molecule is Cc1ccc(Oc2ccccc2C)c(N)c1. The Morgan fingerprint density at radius 2 is 1.69 bits per heavy atom. The zero-order valence-electron chi connectivity index (χ0n) is 9.53. The molecule has 2 rings (SSSR count). The van der Waals surface area contributed by atoms with E-state index >= 15 is 0 Å². The second kappa shape index (κ2) is 4.27. The van der Waals surface area contributed by atoms with Crippen LogP contribution >= 0.6 is 0 Å². The second-order valence-electron chi connectivity index (χ2n) is 3.91. The van der Waals surface area contributed by atoms with E-state index in [0.717, 1.165) is 16.9 Å². The number of rotatable bonds is 2. The highest BCUT2D eigenvalue weighted by atomic mass is 16.5. The van der Waals surface area contributed by atoms with Gasteiger partial charge < -0.3 is 10.5 Å². The van der Waals surface area contributed by atoms with Gasteiger partial charge in [-0.05, 0) is 43.2 Å². The van der Waals surface area contributed by atoms with E-state index < -0.39 is 0 Å². The summed E-state index contributed by atoms with van der Waals surface area (Å²) in [5.41, 5.74) is 8.80. The molecule has 0 saturated carbocycles. The first kappa shape index (κ1) is 10.6. The molecule has 2 heteroatoms. The van der Waals surface area contributed by atoms with Crippen LogP contribution in [-0.4, -0.2) is 0 Å². The van der Waals surface area contributed by atoms with Crippen LogP contribution in [0, 0.1) is 13.8 Å². The number of hydrogen-bond acceptors (Lipinski definition) is 2. The molecule has 0 atom stereocenters. The minimum Gasteiger partial charge on any atom is -0.455 e. The van der Waals surface area contributed by atoms with Crippen LogP contribution in [0.4, 0.5) is 5.69 Å². The average molecular weight is 213 g/mol. The molecule has 2 N–H and O–H groups in total. The van der Waals surface area contributed by atoms with Crippen LogP contribution in [0.1, 0.15) is 11.1 Å². The van der Waals surface area contributed by atoms with E-state index in [9.17, 15) is 0 Å². The average Bonchev–Trinajstić information content (AvgIpc) is 2.25. The molecule has 82 valence electrons. The molecular formula is C14H15NO. The highest BCUT2D eigenvalue weighted by Gasteiger charge is 2.03. The summed E-state index contributed by atoms with van der Waals surface area (Å²) >= 11 is 0. The second-order valence-corrected chi connectivity index (χ2v) is 3.91. The van der Waals surface area contributed by atoms with Crippen molar-refractivity contribution in [1.82, 2.24) is 0 Å². The van der Waals surface area contributed by atoms with E-state index in [1.165, 1.54) is 0 Å². The van der Waals surface area contributed by atoms with Crippen LogP contribution in [0.25, 0.3) is 0 Å². The fourth-order valence-electron chi connectivity index (χ4n) is 1.55. The standard InChI is InChI=1S/C14H15NO/c1-10-7-8-14(12(15)9-10)16-13-6-4-3-5-11(13)2/h3-9H,15H2,1-2H3. The van der Waals surface area contributed by atoms with E-state index in [2.05, 4.69) is 0 Å². The van der Waals surface area contributed by atoms with Crippen LogP contribution in [0.15, 0.2) is 42.5 Å². The van der Waals surface area contributed by atoms with Crippen molar-refractivity contribution in [2.24, 2.45) is 0 Å². The molecular weight excluding hydrogens is 198 g/mol. The molecule has 2 aromatic carbocycles. The maximum absolute atomic E-state index is 5.89. The van der Waals surface area contributed by atoms with Crippen molar-refractivity contribution in [2.75, 3.05) is 5.73 Å². The molecule has 2 nitrogen and oxygen atoms in total. The minimum atomic E-state index is 0.670. The Hall–Kier alpha value is -1.96. The molecule has 0 unspecified atom stereocenters. The van der Waals surface area contributed by atoms with Crippen LogP contribution in [0.2, 0.25) is 0 Å². The first-order valence-electron chi connectivity index (χ1n) is 5.26. The van der Waals surface area contributed by atoms with Crippen LogP contribution in [0.5, 0.6) is 11.5 Å². The first-order valence-corrected chi connectivity index (χ1v) is 5.26. The van der Waals surface area contributed by atoms with Gasteiger partial charge in [0.15, 0.2) is 0 Å². The Morgan fingerprint density at radius 1 is 0.938 bits per heavy atom. The lowest BCUT2D eigenvalue weighted by molar-refractivity contribution is 0.481. The molecule has 0 aliphatic heterocycles.